The van der Waals surface area contributed by atoms with Crippen molar-refractivity contribution in [2.75, 3.05) is 19.8 Å². The van der Waals surface area contributed by atoms with E-state index in [-0.39, 0.29) is 35.6 Å². The molecule has 7 nitrogen and oxygen atoms in total. The van der Waals surface area contributed by atoms with Gasteiger partial charge < -0.3 is 14.2 Å². The van der Waals surface area contributed by atoms with Crippen LogP contribution < -0.4 is 14.9 Å². The average molecular weight is 460 g/mol. The van der Waals surface area contributed by atoms with E-state index in [1.807, 2.05) is 0 Å². The van der Waals surface area contributed by atoms with Gasteiger partial charge in [-0.15, -0.1) is 0 Å². The van der Waals surface area contributed by atoms with Crippen molar-refractivity contribution in [1.82, 2.24) is 5.43 Å². The van der Waals surface area contributed by atoms with Crippen LogP contribution in [0.3, 0.4) is 0 Å². The van der Waals surface area contributed by atoms with Gasteiger partial charge in [0.1, 0.15) is 5.75 Å². The number of hydrogen-bond donors (Lipinski definition) is 1. The zero-order valence-electron chi connectivity index (χ0n) is 15.3. The minimum Gasteiger partial charge on any atom is -0.481 e. The lowest BCUT2D eigenvalue weighted by Crippen LogP contribution is -2.24. The summed E-state index contributed by atoms with van der Waals surface area (Å²) >= 11 is 17.8. The highest BCUT2D eigenvalue weighted by Crippen LogP contribution is 2.35. The minimum absolute atomic E-state index is 0.148. The van der Waals surface area contributed by atoms with Gasteiger partial charge in [0.15, 0.2) is 19.0 Å². The van der Waals surface area contributed by atoms with E-state index in [2.05, 4.69) is 10.5 Å². The minimum atomic E-state index is -0.534. The molecule has 0 atom stereocenters. The highest BCUT2D eigenvalue weighted by atomic mass is 35.5. The van der Waals surface area contributed by atoms with Crippen LogP contribution in [0, 0.1) is 0 Å². The summed E-state index contributed by atoms with van der Waals surface area (Å²) in [7, 11) is 0. The predicted octanol–water partition coefficient (Wildman–Crippen LogP) is 4.12. The molecule has 0 heterocycles. The van der Waals surface area contributed by atoms with Gasteiger partial charge in [-0.2, -0.15) is 5.10 Å². The molecular formula is C19H17Cl3N2O5. The van der Waals surface area contributed by atoms with Crippen molar-refractivity contribution in [1.29, 1.82) is 0 Å². The van der Waals surface area contributed by atoms with Gasteiger partial charge in [0, 0.05) is 10.6 Å². The van der Waals surface area contributed by atoms with Crippen molar-refractivity contribution >= 4 is 52.9 Å². The van der Waals surface area contributed by atoms with Crippen molar-refractivity contribution in [3.05, 3.63) is 57.0 Å². The summed E-state index contributed by atoms with van der Waals surface area (Å²) in [5.41, 5.74) is 2.87. The number of carbonyl (C=O) groups is 2. The van der Waals surface area contributed by atoms with E-state index in [1.165, 1.54) is 18.3 Å². The molecule has 0 aromatic heterocycles. The van der Waals surface area contributed by atoms with Gasteiger partial charge in [-0.3, -0.25) is 4.79 Å². The first-order valence-electron chi connectivity index (χ1n) is 8.37. The lowest BCUT2D eigenvalue weighted by molar-refractivity contribution is -0.145. The first-order chi connectivity index (χ1) is 13.9. The number of amides is 1. The number of halogens is 3. The number of ether oxygens (including phenoxy) is 3. The number of para-hydroxylation sites is 1. The molecule has 0 spiro atoms. The standard InChI is InChI=1S/C19H17Cl3N2O5/c1-2-27-18(26)11-28-16-6-4-3-5-12(16)9-23-24-17(25)10-29-19-14(21)7-13(20)8-15(19)22/h3-9H,2,10-11H2,1H3,(H,24,25)/b23-9+. The van der Waals surface area contributed by atoms with Crippen molar-refractivity contribution in [3.8, 4) is 11.5 Å². The largest absolute Gasteiger partial charge is 0.481 e. The van der Waals surface area contributed by atoms with Gasteiger partial charge in [0.2, 0.25) is 0 Å². The fourth-order valence-corrected chi connectivity index (χ4v) is 2.99. The molecule has 0 fully saturated rings. The Labute approximate surface area is 182 Å². The van der Waals surface area contributed by atoms with Crippen molar-refractivity contribution < 1.29 is 23.8 Å². The van der Waals surface area contributed by atoms with E-state index in [0.717, 1.165) is 0 Å². The van der Waals surface area contributed by atoms with Gasteiger partial charge in [-0.1, -0.05) is 46.9 Å². The predicted molar refractivity (Wildman–Crippen MR) is 111 cm³/mol. The third kappa shape index (κ3) is 7.45. The lowest BCUT2D eigenvalue weighted by Gasteiger charge is -2.09. The number of hydrazone groups is 1. The molecule has 0 aliphatic heterocycles. The Morgan fingerprint density at radius 3 is 2.45 bits per heavy atom. The average Bonchev–Trinajstić information content (AvgIpc) is 2.66. The second kappa shape index (κ2) is 11.5. The van der Waals surface area contributed by atoms with Crippen molar-refractivity contribution in [3.63, 3.8) is 0 Å². The number of benzene rings is 2. The number of rotatable bonds is 9. The molecule has 2 aromatic carbocycles. The fraction of sp³-hybridized carbons (Fsp3) is 0.211. The molecule has 0 saturated heterocycles. The molecule has 1 amide bonds. The summed E-state index contributed by atoms with van der Waals surface area (Å²) < 4.78 is 15.5. The van der Waals surface area contributed by atoms with Gasteiger partial charge >= 0.3 is 5.97 Å². The van der Waals surface area contributed by atoms with Crippen LogP contribution in [0.25, 0.3) is 0 Å². The van der Waals surface area contributed by atoms with Crippen LogP contribution in [-0.2, 0) is 14.3 Å². The molecule has 10 heteroatoms. The molecule has 0 aliphatic carbocycles. The molecule has 0 saturated carbocycles. The molecule has 0 aliphatic rings. The number of carbonyl (C=O) groups excluding carboxylic acids is 2. The smallest absolute Gasteiger partial charge is 0.344 e. The van der Waals surface area contributed by atoms with E-state index in [9.17, 15) is 9.59 Å². The van der Waals surface area contributed by atoms with Gasteiger partial charge in [0.05, 0.1) is 22.9 Å². The Morgan fingerprint density at radius 1 is 1.07 bits per heavy atom. The highest BCUT2D eigenvalue weighted by Gasteiger charge is 2.11. The van der Waals surface area contributed by atoms with Crippen LogP contribution >= 0.6 is 34.8 Å². The lowest BCUT2D eigenvalue weighted by atomic mass is 10.2. The van der Waals surface area contributed by atoms with E-state index < -0.39 is 11.9 Å². The maximum absolute atomic E-state index is 11.9. The SMILES string of the molecule is CCOC(=O)COc1ccccc1/C=N/NC(=O)COc1c(Cl)cc(Cl)cc1Cl. The molecule has 154 valence electrons. The van der Waals surface area contributed by atoms with E-state index >= 15 is 0 Å². The molecular weight excluding hydrogens is 443 g/mol. The van der Waals surface area contributed by atoms with E-state index in [0.29, 0.717) is 16.3 Å². The maximum Gasteiger partial charge on any atom is 0.344 e. The Balaban J connectivity index is 1.90. The van der Waals surface area contributed by atoms with Crippen molar-refractivity contribution in [2.45, 2.75) is 6.92 Å². The number of esters is 1. The van der Waals surface area contributed by atoms with Crippen LogP contribution in [0.15, 0.2) is 41.5 Å². The monoisotopic (exact) mass is 458 g/mol. The summed E-state index contributed by atoms with van der Waals surface area (Å²) in [5.74, 6) is -0.457. The molecule has 2 aromatic rings. The Bertz CT molecular complexity index is 882. The summed E-state index contributed by atoms with van der Waals surface area (Å²) in [6.07, 6.45) is 1.38. The molecule has 0 radical (unpaired) electrons. The van der Waals surface area contributed by atoms with Gasteiger partial charge in [-0.25, -0.2) is 10.2 Å². The number of nitrogens with one attached hydrogen (secondary N) is 1. The van der Waals surface area contributed by atoms with E-state index in [1.54, 1.807) is 31.2 Å². The van der Waals surface area contributed by atoms with Crippen LogP contribution in [0.2, 0.25) is 15.1 Å². The Hall–Kier alpha value is -2.48. The highest BCUT2D eigenvalue weighted by molar-refractivity contribution is 6.40. The Morgan fingerprint density at radius 2 is 1.76 bits per heavy atom. The normalized spacial score (nSPS) is 10.6. The van der Waals surface area contributed by atoms with Crippen LogP contribution in [0.1, 0.15) is 12.5 Å². The fourth-order valence-electron chi connectivity index (χ4n) is 2.07. The first kappa shape index (κ1) is 22.8. The molecule has 0 unspecified atom stereocenters. The maximum atomic E-state index is 11.9. The van der Waals surface area contributed by atoms with Crippen LogP contribution in [-0.4, -0.2) is 37.9 Å². The first-order valence-corrected chi connectivity index (χ1v) is 9.50. The van der Waals surface area contributed by atoms with Gasteiger partial charge in [-0.05, 0) is 31.2 Å². The Kier molecular flexibility index (Phi) is 9.05. The second-order valence-electron chi connectivity index (χ2n) is 5.41. The third-order valence-corrected chi connectivity index (χ3v) is 4.05. The van der Waals surface area contributed by atoms with Gasteiger partial charge in [0.25, 0.3) is 5.91 Å². The van der Waals surface area contributed by atoms with Crippen molar-refractivity contribution in [2.24, 2.45) is 5.10 Å². The second-order valence-corrected chi connectivity index (χ2v) is 6.66. The molecule has 0 bridgehead atoms. The molecule has 1 N–H and O–H groups in total. The number of nitrogens with zero attached hydrogens (tertiary/aromatic N) is 1. The summed E-state index contributed by atoms with van der Waals surface area (Å²) in [6.45, 7) is 1.38. The summed E-state index contributed by atoms with van der Waals surface area (Å²) in [4.78, 5) is 23.3. The summed E-state index contributed by atoms with van der Waals surface area (Å²) in [5, 5.41) is 4.57. The zero-order chi connectivity index (χ0) is 21.2. The quantitative estimate of drug-likeness (QED) is 0.346. The molecule has 2 rings (SSSR count). The topological polar surface area (TPSA) is 86.2 Å². The van der Waals surface area contributed by atoms with Crippen LogP contribution in [0.4, 0.5) is 0 Å². The summed E-state index contributed by atoms with van der Waals surface area (Å²) in [6, 6.07) is 9.77. The zero-order valence-corrected chi connectivity index (χ0v) is 17.6. The third-order valence-electron chi connectivity index (χ3n) is 3.27. The van der Waals surface area contributed by atoms with E-state index in [4.69, 9.17) is 49.0 Å². The number of hydrogen-bond acceptors (Lipinski definition) is 6. The molecule has 29 heavy (non-hydrogen) atoms. The van der Waals surface area contributed by atoms with Crippen LogP contribution in [0.5, 0.6) is 11.5 Å².